The molecule has 0 aromatic carbocycles. The van der Waals surface area contributed by atoms with Gasteiger partial charge in [-0.1, -0.05) is 12.2 Å². The minimum Gasteiger partial charge on any atom is -0.375 e. The van der Waals surface area contributed by atoms with E-state index in [0.717, 1.165) is 5.57 Å². The first-order chi connectivity index (χ1) is 7.20. The molecule has 0 spiro atoms. The van der Waals surface area contributed by atoms with Crippen LogP contribution in [0.15, 0.2) is 29.3 Å². The molecule has 1 rings (SSSR count). The maximum atomic E-state index is 11.2. The molecule has 0 saturated heterocycles. The highest BCUT2D eigenvalue weighted by atomic mass is 16.5. The van der Waals surface area contributed by atoms with E-state index in [-0.39, 0.29) is 5.56 Å². The van der Waals surface area contributed by atoms with Gasteiger partial charge in [0.2, 0.25) is 0 Å². The predicted octanol–water partition coefficient (Wildman–Crippen LogP) is 0.774. The lowest BCUT2D eigenvalue weighted by molar-refractivity contribution is 0.167. The predicted molar refractivity (Wildman–Crippen MR) is 59.0 cm³/mol. The Kier molecular flexibility index (Phi) is 4.56. The summed E-state index contributed by atoms with van der Waals surface area (Å²) in [7, 11) is 0. The molecule has 0 aliphatic carbocycles. The van der Waals surface area contributed by atoms with Crippen molar-refractivity contribution >= 4 is 5.82 Å². The third kappa shape index (κ3) is 4.42. The van der Waals surface area contributed by atoms with Crippen LogP contribution in [0.3, 0.4) is 0 Å². The Morgan fingerprint density at radius 2 is 2.53 bits per heavy atom. The van der Waals surface area contributed by atoms with Gasteiger partial charge in [0.25, 0.3) is 5.56 Å². The lowest BCUT2D eigenvalue weighted by Gasteiger charge is -2.05. The number of H-pyrrole nitrogens is 1. The van der Waals surface area contributed by atoms with Gasteiger partial charge in [0.1, 0.15) is 0 Å². The van der Waals surface area contributed by atoms with E-state index in [4.69, 9.17) is 4.74 Å². The summed E-state index contributed by atoms with van der Waals surface area (Å²) < 4.78 is 5.25. The van der Waals surface area contributed by atoms with Crippen LogP contribution in [-0.2, 0) is 4.74 Å². The molecule has 5 nitrogen and oxygen atoms in total. The second kappa shape index (κ2) is 5.98. The standard InChI is InChI=1S/C10H15N3O2/c1-8(2)7-15-6-5-12-9-10(14)13-4-3-11-9/h3-4H,1,5-7H2,2H3,(H,11,12)(H,13,14). The minimum absolute atomic E-state index is 0.225. The zero-order valence-corrected chi connectivity index (χ0v) is 8.75. The summed E-state index contributed by atoms with van der Waals surface area (Å²) in [5, 5.41) is 2.88. The SMILES string of the molecule is C=C(C)COCCNc1ncc[nH]c1=O. The molecule has 2 N–H and O–H groups in total. The Morgan fingerprint density at radius 1 is 1.73 bits per heavy atom. The van der Waals surface area contributed by atoms with Gasteiger partial charge in [-0.15, -0.1) is 0 Å². The molecular formula is C10H15N3O2. The van der Waals surface area contributed by atoms with Crippen LogP contribution in [0, 0.1) is 0 Å². The number of anilines is 1. The average molecular weight is 209 g/mol. The van der Waals surface area contributed by atoms with Crippen LogP contribution in [-0.4, -0.2) is 29.7 Å². The largest absolute Gasteiger partial charge is 0.375 e. The van der Waals surface area contributed by atoms with E-state index >= 15 is 0 Å². The molecule has 0 bridgehead atoms. The number of hydrogen-bond donors (Lipinski definition) is 2. The minimum atomic E-state index is -0.225. The van der Waals surface area contributed by atoms with Crippen LogP contribution in [0.4, 0.5) is 5.82 Å². The van der Waals surface area contributed by atoms with E-state index in [1.54, 1.807) is 0 Å². The van der Waals surface area contributed by atoms with Gasteiger partial charge in [-0.3, -0.25) is 4.79 Å². The van der Waals surface area contributed by atoms with Crippen LogP contribution < -0.4 is 10.9 Å². The maximum absolute atomic E-state index is 11.2. The van der Waals surface area contributed by atoms with Gasteiger partial charge in [-0.2, -0.15) is 0 Å². The molecule has 0 radical (unpaired) electrons. The summed E-state index contributed by atoms with van der Waals surface area (Å²) in [5.74, 6) is 0.316. The fourth-order valence-electron chi connectivity index (χ4n) is 0.966. The zero-order chi connectivity index (χ0) is 11.1. The molecule has 0 aliphatic rings. The van der Waals surface area contributed by atoms with Crippen molar-refractivity contribution < 1.29 is 4.74 Å². The highest BCUT2D eigenvalue weighted by Gasteiger charge is 1.97. The maximum Gasteiger partial charge on any atom is 0.290 e. The van der Waals surface area contributed by atoms with E-state index in [1.165, 1.54) is 12.4 Å². The van der Waals surface area contributed by atoms with Gasteiger partial charge in [0, 0.05) is 18.9 Å². The van der Waals surface area contributed by atoms with Crippen molar-refractivity contribution in [3.63, 3.8) is 0 Å². The normalized spacial score (nSPS) is 9.93. The highest BCUT2D eigenvalue weighted by molar-refractivity contribution is 5.29. The number of ether oxygens (including phenoxy) is 1. The molecule has 0 saturated carbocycles. The molecule has 0 aliphatic heterocycles. The topological polar surface area (TPSA) is 67.0 Å². The number of aromatic amines is 1. The molecule has 5 heteroatoms. The Labute approximate surface area is 88.2 Å². The first kappa shape index (κ1) is 11.5. The summed E-state index contributed by atoms with van der Waals surface area (Å²) in [6, 6.07) is 0. The van der Waals surface area contributed by atoms with Crippen molar-refractivity contribution in [3.8, 4) is 0 Å². The van der Waals surface area contributed by atoms with Crippen LogP contribution in [0.25, 0.3) is 0 Å². The van der Waals surface area contributed by atoms with E-state index in [9.17, 15) is 4.79 Å². The summed E-state index contributed by atoms with van der Waals surface area (Å²) in [6.45, 7) is 7.22. The highest BCUT2D eigenvalue weighted by Crippen LogP contribution is 1.90. The number of rotatable bonds is 6. The molecule has 0 fully saturated rings. The second-order valence-corrected chi connectivity index (χ2v) is 3.20. The van der Waals surface area contributed by atoms with E-state index < -0.39 is 0 Å². The Balaban J connectivity index is 2.24. The molecule has 1 aromatic heterocycles. The summed E-state index contributed by atoms with van der Waals surface area (Å²) >= 11 is 0. The molecule has 1 aromatic rings. The Hall–Kier alpha value is -1.62. The lowest BCUT2D eigenvalue weighted by Crippen LogP contribution is -2.18. The van der Waals surface area contributed by atoms with Gasteiger partial charge < -0.3 is 15.0 Å². The summed E-state index contributed by atoms with van der Waals surface area (Å²) in [5.41, 5.74) is 0.753. The zero-order valence-electron chi connectivity index (χ0n) is 8.75. The average Bonchev–Trinajstić information content (AvgIpc) is 2.20. The Bertz CT molecular complexity index is 373. The van der Waals surface area contributed by atoms with Gasteiger partial charge >= 0.3 is 0 Å². The number of nitrogens with zero attached hydrogens (tertiary/aromatic N) is 1. The van der Waals surface area contributed by atoms with Crippen LogP contribution in [0.1, 0.15) is 6.92 Å². The summed E-state index contributed by atoms with van der Waals surface area (Å²) in [4.78, 5) is 17.6. The van der Waals surface area contributed by atoms with Gasteiger partial charge in [0.15, 0.2) is 5.82 Å². The van der Waals surface area contributed by atoms with E-state index in [0.29, 0.717) is 25.6 Å². The van der Waals surface area contributed by atoms with Gasteiger partial charge in [0.05, 0.1) is 13.2 Å². The number of hydrogen-bond acceptors (Lipinski definition) is 4. The molecule has 15 heavy (non-hydrogen) atoms. The van der Waals surface area contributed by atoms with Gasteiger partial charge in [-0.05, 0) is 6.92 Å². The van der Waals surface area contributed by atoms with Crippen molar-refractivity contribution in [2.75, 3.05) is 25.1 Å². The first-order valence-corrected chi connectivity index (χ1v) is 4.70. The third-order valence-electron chi connectivity index (χ3n) is 1.59. The molecular weight excluding hydrogens is 194 g/mol. The van der Waals surface area contributed by atoms with Crippen molar-refractivity contribution in [1.82, 2.24) is 9.97 Å². The fraction of sp³-hybridized carbons (Fsp3) is 0.400. The quantitative estimate of drug-likeness (QED) is 0.536. The van der Waals surface area contributed by atoms with Crippen molar-refractivity contribution in [2.45, 2.75) is 6.92 Å². The Morgan fingerprint density at radius 3 is 3.20 bits per heavy atom. The van der Waals surface area contributed by atoms with Crippen LogP contribution in [0.2, 0.25) is 0 Å². The third-order valence-corrected chi connectivity index (χ3v) is 1.59. The first-order valence-electron chi connectivity index (χ1n) is 4.70. The monoisotopic (exact) mass is 209 g/mol. The molecule has 82 valence electrons. The van der Waals surface area contributed by atoms with Crippen molar-refractivity contribution in [3.05, 3.63) is 34.9 Å². The van der Waals surface area contributed by atoms with Crippen molar-refractivity contribution in [1.29, 1.82) is 0 Å². The van der Waals surface area contributed by atoms with E-state index in [2.05, 4.69) is 21.9 Å². The van der Waals surface area contributed by atoms with Crippen molar-refractivity contribution in [2.24, 2.45) is 0 Å². The van der Waals surface area contributed by atoms with E-state index in [1.807, 2.05) is 6.92 Å². The van der Waals surface area contributed by atoms with Crippen LogP contribution >= 0.6 is 0 Å². The lowest BCUT2D eigenvalue weighted by atomic mass is 10.4. The molecule has 1 heterocycles. The smallest absolute Gasteiger partial charge is 0.290 e. The molecule has 0 amide bonds. The fourth-order valence-corrected chi connectivity index (χ4v) is 0.966. The molecule has 0 atom stereocenters. The second-order valence-electron chi connectivity index (χ2n) is 3.20. The molecule has 0 unspecified atom stereocenters. The van der Waals surface area contributed by atoms with Crippen LogP contribution in [0.5, 0.6) is 0 Å². The summed E-state index contributed by atoms with van der Waals surface area (Å²) in [6.07, 6.45) is 3.02. The van der Waals surface area contributed by atoms with Gasteiger partial charge in [-0.25, -0.2) is 4.98 Å². The number of aromatic nitrogens is 2. The number of nitrogens with one attached hydrogen (secondary N) is 2.